The molecule has 8 nitrogen and oxygen atoms in total. The molecular weight excluding hydrogens is 346 g/mol. The quantitative estimate of drug-likeness (QED) is 0.901. The number of ether oxygens (including phenoxy) is 1. The molecule has 2 aliphatic heterocycles. The maximum Gasteiger partial charge on any atom is 0.274 e. The van der Waals surface area contributed by atoms with Crippen molar-refractivity contribution < 1.29 is 14.4 Å². The van der Waals surface area contributed by atoms with Crippen LogP contribution in [-0.2, 0) is 9.63 Å². The van der Waals surface area contributed by atoms with Gasteiger partial charge in [-0.3, -0.25) is 9.78 Å². The molecule has 0 fully saturated rings. The topological polar surface area (TPSA) is 97.5 Å². The lowest BCUT2D eigenvalue weighted by Gasteiger charge is -2.12. The van der Waals surface area contributed by atoms with E-state index in [1.54, 1.807) is 13.3 Å². The minimum absolute atomic E-state index is 0.305. The van der Waals surface area contributed by atoms with Gasteiger partial charge < -0.3 is 14.9 Å². The Kier molecular flexibility index (Phi) is 4.61. The van der Waals surface area contributed by atoms with E-state index in [2.05, 4.69) is 25.7 Å². The number of nitrogens with one attached hydrogen (secondary N) is 1. The molecule has 1 unspecified atom stereocenters. The molecule has 2 aromatic rings. The second-order valence-corrected chi connectivity index (χ2v) is 6.02. The second kappa shape index (κ2) is 7.36. The van der Waals surface area contributed by atoms with Crippen LogP contribution in [0.2, 0.25) is 0 Å². The highest BCUT2D eigenvalue weighted by Crippen LogP contribution is 2.33. The van der Waals surface area contributed by atoms with Gasteiger partial charge in [0.25, 0.3) is 5.91 Å². The van der Waals surface area contributed by atoms with Crippen molar-refractivity contribution in [3.8, 4) is 5.75 Å². The summed E-state index contributed by atoms with van der Waals surface area (Å²) in [5.41, 5.74) is 2.61. The van der Waals surface area contributed by atoms with Crippen LogP contribution in [0.3, 0.4) is 0 Å². The maximum absolute atomic E-state index is 12.5. The third-order valence-electron chi connectivity index (χ3n) is 4.26. The molecule has 0 bridgehead atoms. The average molecular weight is 363 g/mol. The molecule has 1 amide bonds. The summed E-state index contributed by atoms with van der Waals surface area (Å²) in [6.45, 7) is 0. The van der Waals surface area contributed by atoms with Crippen molar-refractivity contribution >= 4 is 23.2 Å². The highest BCUT2D eigenvalue weighted by molar-refractivity contribution is 6.42. The highest BCUT2D eigenvalue weighted by atomic mass is 16.6. The Bertz CT molecular complexity index is 953. The molecule has 2 aliphatic rings. The van der Waals surface area contributed by atoms with E-state index in [9.17, 15) is 4.79 Å². The van der Waals surface area contributed by atoms with E-state index in [0.29, 0.717) is 35.9 Å². The number of nitrogens with zero attached hydrogens (tertiary/aromatic N) is 4. The fourth-order valence-electron chi connectivity index (χ4n) is 2.91. The summed E-state index contributed by atoms with van der Waals surface area (Å²) in [5.74, 6) is 0.820. The van der Waals surface area contributed by atoms with Gasteiger partial charge in [-0.15, -0.1) is 5.10 Å². The van der Waals surface area contributed by atoms with E-state index < -0.39 is 0 Å². The van der Waals surface area contributed by atoms with Gasteiger partial charge in [0.1, 0.15) is 17.3 Å². The standard InChI is InChI=1S/C19H17N5O3/c1-26-16-8-3-2-6-12(16)17-10-15(24-27-17)19(25)21-18-11-14(22-23-18)13-7-4-5-9-20-13/h2-9,17H,10-11H2,1H3,(H,21,23,25). The predicted octanol–water partition coefficient (Wildman–Crippen LogP) is 2.23. The molecule has 27 heavy (non-hydrogen) atoms. The van der Waals surface area contributed by atoms with Crippen molar-refractivity contribution in [3.63, 3.8) is 0 Å². The lowest BCUT2D eigenvalue weighted by molar-refractivity contribution is -0.113. The first-order chi connectivity index (χ1) is 13.2. The lowest BCUT2D eigenvalue weighted by atomic mass is 10.0. The van der Waals surface area contributed by atoms with E-state index in [1.807, 2.05) is 42.5 Å². The molecule has 1 aromatic carbocycles. The van der Waals surface area contributed by atoms with Crippen LogP contribution in [0.1, 0.15) is 30.2 Å². The first kappa shape index (κ1) is 16.9. The summed E-state index contributed by atoms with van der Waals surface area (Å²) in [5, 5.41) is 14.8. The largest absolute Gasteiger partial charge is 0.496 e. The number of hydrogen-bond donors (Lipinski definition) is 1. The predicted molar refractivity (Wildman–Crippen MR) is 99.8 cm³/mol. The second-order valence-electron chi connectivity index (χ2n) is 6.02. The number of pyridine rings is 1. The van der Waals surface area contributed by atoms with Gasteiger partial charge in [0.2, 0.25) is 0 Å². The van der Waals surface area contributed by atoms with Crippen molar-refractivity contribution in [1.29, 1.82) is 0 Å². The highest BCUT2D eigenvalue weighted by Gasteiger charge is 2.30. The number of oxime groups is 1. The minimum Gasteiger partial charge on any atom is -0.496 e. The van der Waals surface area contributed by atoms with Crippen LogP contribution in [0, 0.1) is 0 Å². The van der Waals surface area contributed by atoms with Crippen molar-refractivity contribution in [2.24, 2.45) is 15.4 Å². The maximum atomic E-state index is 12.5. The van der Waals surface area contributed by atoms with Crippen LogP contribution >= 0.6 is 0 Å². The molecule has 1 N–H and O–H groups in total. The van der Waals surface area contributed by atoms with Gasteiger partial charge in [0.05, 0.1) is 24.9 Å². The van der Waals surface area contributed by atoms with Crippen molar-refractivity contribution in [1.82, 2.24) is 10.3 Å². The van der Waals surface area contributed by atoms with Gasteiger partial charge in [-0.25, -0.2) is 0 Å². The molecule has 3 heterocycles. The molecule has 0 spiro atoms. The van der Waals surface area contributed by atoms with E-state index in [0.717, 1.165) is 11.3 Å². The van der Waals surface area contributed by atoms with E-state index in [-0.39, 0.29) is 12.0 Å². The van der Waals surface area contributed by atoms with Gasteiger partial charge in [-0.1, -0.05) is 29.4 Å². The number of rotatable bonds is 4. The molecule has 0 radical (unpaired) electrons. The molecule has 0 saturated heterocycles. The molecule has 1 aromatic heterocycles. The normalized spacial score (nSPS) is 18.3. The van der Waals surface area contributed by atoms with Gasteiger partial charge in [-0.05, 0) is 18.2 Å². The number of carbonyl (C=O) groups excluding carboxylic acids is 1. The summed E-state index contributed by atoms with van der Waals surface area (Å²) in [6, 6.07) is 13.1. The number of amidine groups is 1. The Labute approximate surface area is 155 Å². The molecule has 8 heteroatoms. The van der Waals surface area contributed by atoms with E-state index in [4.69, 9.17) is 9.57 Å². The van der Waals surface area contributed by atoms with Gasteiger partial charge >= 0.3 is 0 Å². The van der Waals surface area contributed by atoms with Crippen molar-refractivity contribution in [3.05, 3.63) is 59.9 Å². The summed E-state index contributed by atoms with van der Waals surface area (Å²) >= 11 is 0. The minimum atomic E-state index is -0.354. The molecular formula is C19H17N5O3. The zero-order valence-corrected chi connectivity index (χ0v) is 14.6. The van der Waals surface area contributed by atoms with Gasteiger partial charge in [0, 0.05) is 18.2 Å². The monoisotopic (exact) mass is 363 g/mol. The Morgan fingerprint density at radius 2 is 2.04 bits per heavy atom. The molecule has 136 valence electrons. The number of benzene rings is 1. The fraction of sp³-hybridized carbons (Fsp3) is 0.211. The zero-order chi connectivity index (χ0) is 18.6. The van der Waals surface area contributed by atoms with Crippen LogP contribution in [0.15, 0.2) is 64.0 Å². The van der Waals surface area contributed by atoms with E-state index >= 15 is 0 Å². The smallest absolute Gasteiger partial charge is 0.274 e. The Balaban J connectivity index is 1.35. The number of carbonyl (C=O) groups is 1. The first-order valence-electron chi connectivity index (χ1n) is 8.46. The Morgan fingerprint density at radius 1 is 1.19 bits per heavy atom. The number of amides is 1. The molecule has 0 aliphatic carbocycles. The van der Waals surface area contributed by atoms with Crippen LogP contribution in [0.4, 0.5) is 0 Å². The van der Waals surface area contributed by atoms with Gasteiger partial charge in [-0.2, -0.15) is 5.10 Å². The number of methoxy groups -OCH3 is 1. The third-order valence-corrected chi connectivity index (χ3v) is 4.26. The first-order valence-corrected chi connectivity index (χ1v) is 8.46. The summed E-state index contributed by atoms with van der Waals surface area (Å²) < 4.78 is 5.34. The Hall–Kier alpha value is -3.55. The average Bonchev–Trinajstić information content (AvgIpc) is 3.38. The van der Waals surface area contributed by atoms with Crippen molar-refractivity contribution in [2.45, 2.75) is 18.9 Å². The molecule has 4 rings (SSSR count). The zero-order valence-electron chi connectivity index (χ0n) is 14.6. The lowest BCUT2D eigenvalue weighted by Crippen LogP contribution is -2.35. The van der Waals surface area contributed by atoms with Crippen LogP contribution in [-0.4, -0.2) is 35.3 Å². The summed E-state index contributed by atoms with van der Waals surface area (Å²) in [4.78, 5) is 22.2. The summed E-state index contributed by atoms with van der Waals surface area (Å²) in [6.07, 6.45) is 2.10. The fourth-order valence-corrected chi connectivity index (χ4v) is 2.91. The van der Waals surface area contributed by atoms with Gasteiger partial charge in [0.15, 0.2) is 6.10 Å². The SMILES string of the molecule is COc1ccccc1C1CC(C(=O)NC2=NN=C(c3ccccn3)C2)=NO1. The van der Waals surface area contributed by atoms with Crippen molar-refractivity contribution in [2.75, 3.05) is 7.11 Å². The third kappa shape index (κ3) is 3.55. The van der Waals surface area contributed by atoms with Crippen LogP contribution in [0.5, 0.6) is 5.75 Å². The number of hydrogen-bond acceptors (Lipinski definition) is 7. The Morgan fingerprint density at radius 3 is 2.85 bits per heavy atom. The molecule has 1 atom stereocenters. The van der Waals surface area contributed by atoms with Crippen LogP contribution < -0.4 is 10.1 Å². The van der Waals surface area contributed by atoms with E-state index in [1.165, 1.54) is 0 Å². The molecule has 0 saturated carbocycles. The number of aromatic nitrogens is 1. The number of para-hydroxylation sites is 1. The summed E-state index contributed by atoms with van der Waals surface area (Å²) in [7, 11) is 1.60. The van der Waals surface area contributed by atoms with Crippen LogP contribution in [0.25, 0.3) is 0 Å².